The Bertz CT molecular complexity index is 648. The van der Waals surface area contributed by atoms with Crippen LogP contribution in [0.2, 0.25) is 5.02 Å². The molecular weight excluding hydrogens is 314 g/mol. The Hall–Kier alpha value is -1.31. The average Bonchev–Trinajstić information content (AvgIpc) is 2.37. The van der Waals surface area contributed by atoms with Crippen LogP contribution in [0, 0.1) is 0 Å². The van der Waals surface area contributed by atoms with Crippen molar-refractivity contribution in [1.82, 2.24) is 9.62 Å². The van der Waals surface area contributed by atoms with Gasteiger partial charge in [-0.3, -0.25) is 4.79 Å². The van der Waals surface area contributed by atoms with E-state index < -0.39 is 10.0 Å². The van der Waals surface area contributed by atoms with Gasteiger partial charge in [-0.15, -0.1) is 0 Å². The van der Waals surface area contributed by atoms with E-state index in [4.69, 9.17) is 17.3 Å². The van der Waals surface area contributed by atoms with Gasteiger partial charge in [-0.25, -0.2) is 8.42 Å². The van der Waals surface area contributed by atoms with Crippen molar-refractivity contribution in [3.63, 3.8) is 0 Å². The highest BCUT2D eigenvalue weighted by Crippen LogP contribution is 2.27. The molecule has 8 heteroatoms. The SMILES string of the molecule is CC(=O)NC1CCCN(S(=O)(=O)c2ccc(Cl)cc2N)C1. The van der Waals surface area contributed by atoms with E-state index in [1.54, 1.807) is 0 Å². The molecule has 2 rings (SSSR count). The Morgan fingerprint density at radius 3 is 2.81 bits per heavy atom. The van der Waals surface area contributed by atoms with Crippen molar-refractivity contribution in [1.29, 1.82) is 0 Å². The summed E-state index contributed by atoms with van der Waals surface area (Å²) in [5.74, 6) is -0.162. The minimum absolute atomic E-state index is 0.0513. The van der Waals surface area contributed by atoms with Crippen LogP contribution in [0.15, 0.2) is 23.1 Å². The second-order valence-corrected chi connectivity index (χ2v) is 7.43. The van der Waals surface area contributed by atoms with Crippen molar-refractivity contribution in [3.05, 3.63) is 23.2 Å². The third kappa shape index (κ3) is 3.66. The summed E-state index contributed by atoms with van der Waals surface area (Å²) in [4.78, 5) is 11.2. The molecule has 1 atom stereocenters. The number of hydrogen-bond acceptors (Lipinski definition) is 4. The molecule has 1 saturated heterocycles. The zero-order valence-electron chi connectivity index (χ0n) is 11.7. The van der Waals surface area contributed by atoms with E-state index in [-0.39, 0.29) is 29.1 Å². The number of sulfonamides is 1. The molecule has 0 aliphatic carbocycles. The minimum Gasteiger partial charge on any atom is -0.398 e. The zero-order valence-corrected chi connectivity index (χ0v) is 13.2. The van der Waals surface area contributed by atoms with Gasteiger partial charge in [0, 0.05) is 31.1 Å². The van der Waals surface area contributed by atoms with E-state index in [0.29, 0.717) is 18.0 Å². The number of nitrogens with zero attached hydrogens (tertiary/aromatic N) is 1. The van der Waals surface area contributed by atoms with E-state index in [2.05, 4.69) is 5.32 Å². The molecule has 1 aromatic rings. The highest BCUT2D eigenvalue weighted by Gasteiger charge is 2.31. The van der Waals surface area contributed by atoms with Gasteiger partial charge in [-0.2, -0.15) is 4.31 Å². The number of benzene rings is 1. The smallest absolute Gasteiger partial charge is 0.245 e. The van der Waals surface area contributed by atoms with Crippen LogP contribution in [0.4, 0.5) is 5.69 Å². The lowest BCUT2D eigenvalue weighted by Gasteiger charge is -2.32. The number of hydrogen-bond donors (Lipinski definition) is 2. The average molecular weight is 332 g/mol. The van der Waals surface area contributed by atoms with Crippen molar-refractivity contribution >= 4 is 33.2 Å². The molecule has 0 bridgehead atoms. The summed E-state index contributed by atoms with van der Waals surface area (Å²) in [7, 11) is -3.68. The standard InChI is InChI=1S/C13H18ClN3O3S/c1-9(18)16-11-3-2-6-17(8-11)21(19,20)13-5-4-10(14)7-12(13)15/h4-5,7,11H,2-3,6,8,15H2,1H3,(H,16,18). The van der Waals surface area contributed by atoms with Crippen LogP contribution in [0.3, 0.4) is 0 Å². The number of nitrogens with one attached hydrogen (secondary N) is 1. The lowest BCUT2D eigenvalue weighted by molar-refractivity contribution is -0.119. The summed E-state index contributed by atoms with van der Waals surface area (Å²) < 4.78 is 26.6. The van der Waals surface area contributed by atoms with Gasteiger partial charge in [-0.1, -0.05) is 11.6 Å². The highest BCUT2D eigenvalue weighted by molar-refractivity contribution is 7.89. The van der Waals surface area contributed by atoms with E-state index in [1.807, 2.05) is 0 Å². The molecule has 1 aliphatic rings. The summed E-state index contributed by atoms with van der Waals surface area (Å²) >= 11 is 5.80. The van der Waals surface area contributed by atoms with E-state index in [1.165, 1.54) is 29.4 Å². The molecular formula is C13H18ClN3O3S. The van der Waals surface area contributed by atoms with E-state index in [9.17, 15) is 13.2 Å². The maximum atomic E-state index is 12.6. The second-order valence-electron chi connectivity index (χ2n) is 5.08. The van der Waals surface area contributed by atoms with Crippen LogP contribution in [0.1, 0.15) is 19.8 Å². The third-order valence-electron chi connectivity index (χ3n) is 3.38. The molecule has 6 nitrogen and oxygen atoms in total. The van der Waals surface area contributed by atoms with Crippen molar-refractivity contribution < 1.29 is 13.2 Å². The van der Waals surface area contributed by atoms with Crippen molar-refractivity contribution in [2.75, 3.05) is 18.8 Å². The summed E-state index contributed by atoms with van der Waals surface area (Å²) in [6, 6.07) is 4.17. The van der Waals surface area contributed by atoms with Gasteiger partial charge >= 0.3 is 0 Å². The molecule has 1 aromatic carbocycles. The molecule has 21 heavy (non-hydrogen) atoms. The minimum atomic E-state index is -3.68. The van der Waals surface area contributed by atoms with Crippen LogP contribution < -0.4 is 11.1 Å². The number of carbonyl (C=O) groups is 1. The first-order valence-electron chi connectivity index (χ1n) is 6.63. The lowest BCUT2D eigenvalue weighted by atomic mass is 10.1. The van der Waals surface area contributed by atoms with Gasteiger partial charge < -0.3 is 11.1 Å². The Morgan fingerprint density at radius 1 is 1.48 bits per heavy atom. The summed E-state index contributed by atoms with van der Waals surface area (Å²) in [6.07, 6.45) is 1.46. The number of piperidine rings is 1. The maximum Gasteiger partial charge on any atom is 0.245 e. The Labute approximate surface area is 129 Å². The Kier molecular flexibility index (Phi) is 4.75. The van der Waals surface area contributed by atoms with Crippen molar-refractivity contribution in [2.24, 2.45) is 0 Å². The van der Waals surface area contributed by atoms with Gasteiger partial charge in [0.15, 0.2) is 0 Å². The van der Waals surface area contributed by atoms with Crippen LogP contribution in [0.5, 0.6) is 0 Å². The zero-order chi connectivity index (χ0) is 15.6. The van der Waals surface area contributed by atoms with Gasteiger partial charge in [0.1, 0.15) is 4.90 Å². The topological polar surface area (TPSA) is 92.5 Å². The molecule has 1 heterocycles. The second kappa shape index (κ2) is 6.21. The molecule has 1 unspecified atom stereocenters. The van der Waals surface area contributed by atoms with E-state index >= 15 is 0 Å². The van der Waals surface area contributed by atoms with Crippen molar-refractivity contribution in [3.8, 4) is 0 Å². The summed E-state index contributed by atoms with van der Waals surface area (Å²) in [5.41, 5.74) is 5.90. The normalized spacial score (nSPS) is 20.2. The largest absolute Gasteiger partial charge is 0.398 e. The van der Waals surface area contributed by atoms with Gasteiger partial charge in [0.25, 0.3) is 0 Å². The number of nitrogens with two attached hydrogens (primary N) is 1. The monoisotopic (exact) mass is 331 g/mol. The molecule has 0 saturated carbocycles. The van der Waals surface area contributed by atoms with Crippen LogP contribution in [0.25, 0.3) is 0 Å². The number of halogens is 1. The summed E-state index contributed by atoms with van der Waals surface area (Å²) in [6.45, 7) is 2.09. The Balaban J connectivity index is 2.24. The fourth-order valence-electron chi connectivity index (χ4n) is 2.46. The van der Waals surface area contributed by atoms with Crippen LogP contribution >= 0.6 is 11.6 Å². The van der Waals surface area contributed by atoms with Gasteiger partial charge in [0.2, 0.25) is 15.9 Å². The molecule has 0 radical (unpaired) electrons. The molecule has 116 valence electrons. The van der Waals surface area contributed by atoms with Gasteiger partial charge in [0.05, 0.1) is 5.69 Å². The third-order valence-corrected chi connectivity index (χ3v) is 5.56. The predicted molar refractivity (Wildman–Crippen MR) is 81.5 cm³/mol. The molecule has 1 amide bonds. The lowest BCUT2D eigenvalue weighted by Crippen LogP contribution is -2.49. The number of carbonyl (C=O) groups excluding carboxylic acids is 1. The van der Waals surface area contributed by atoms with Crippen molar-refractivity contribution in [2.45, 2.75) is 30.7 Å². The fraction of sp³-hybridized carbons (Fsp3) is 0.462. The first kappa shape index (κ1) is 16.1. The first-order chi connectivity index (χ1) is 9.80. The molecule has 1 aliphatic heterocycles. The Morgan fingerprint density at radius 2 is 2.19 bits per heavy atom. The quantitative estimate of drug-likeness (QED) is 0.814. The maximum absolute atomic E-state index is 12.6. The van der Waals surface area contributed by atoms with E-state index in [0.717, 1.165) is 6.42 Å². The predicted octanol–water partition coefficient (Wildman–Crippen LogP) is 1.21. The number of rotatable bonds is 3. The van der Waals surface area contributed by atoms with Crippen LogP contribution in [-0.2, 0) is 14.8 Å². The number of nitrogen functional groups attached to an aromatic ring is 1. The first-order valence-corrected chi connectivity index (χ1v) is 8.45. The molecule has 0 spiro atoms. The van der Waals surface area contributed by atoms with Crippen LogP contribution in [-0.4, -0.2) is 37.8 Å². The summed E-state index contributed by atoms with van der Waals surface area (Å²) in [5, 5.41) is 3.15. The number of anilines is 1. The molecule has 1 fully saturated rings. The molecule has 0 aromatic heterocycles. The number of amides is 1. The molecule has 3 N–H and O–H groups in total. The van der Waals surface area contributed by atoms with Gasteiger partial charge in [-0.05, 0) is 31.0 Å². The highest BCUT2D eigenvalue weighted by atomic mass is 35.5. The fourth-order valence-corrected chi connectivity index (χ4v) is 4.26.